The van der Waals surface area contributed by atoms with E-state index in [0.29, 0.717) is 16.6 Å². The van der Waals surface area contributed by atoms with Crippen LogP contribution in [0.25, 0.3) is 10.1 Å². The van der Waals surface area contributed by atoms with Crippen molar-refractivity contribution in [3.63, 3.8) is 0 Å². The standard InChI is InChI=1S/C24H32N4O2S2/c29-32(30,21-9-11-25-17-21)18-20-7-5-19(6-8-20)10-12-27-13-15-28(16-14-27)24-22-3-1-2-4-23(22)31-26-24/h1-4,9,11,17,19-20,25H,5-8,10,12-16,18H2. The molecule has 0 unspecified atom stereocenters. The molecule has 3 heterocycles. The van der Waals surface area contributed by atoms with Crippen molar-refractivity contribution >= 4 is 37.3 Å². The van der Waals surface area contributed by atoms with E-state index < -0.39 is 9.84 Å². The molecule has 172 valence electrons. The summed E-state index contributed by atoms with van der Waals surface area (Å²) in [7, 11) is -3.15. The van der Waals surface area contributed by atoms with Gasteiger partial charge in [-0.05, 0) is 67.4 Å². The lowest BCUT2D eigenvalue weighted by Crippen LogP contribution is -2.47. The van der Waals surface area contributed by atoms with Crippen molar-refractivity contribution in [1.29, 1.82) is 0 Å². The highest BCUT2D eigenvalue weighted by molar-refractivity contribution is 7.91. The Bertz CT molecular complexity index is 1110. The molecule has 1 saturated heterocycles. The van der Waals surface area contributed by atoms with Crippen LogP contribution in [0.4, 0.5) is 5.82 Å². The van der Waals surface area contributed by atoms with Crippen LogP contribution in [0.2, 0.25) is 0 Å². The van der Waals surface area contributed by atoms with Crippen LogP contribution in [-0.2, 0) is 9.84 Å². The first-order valence-electron chi connectivity index (χ1n) is 11.8. The summed E-state index contributed by atoms with van der Waals surface area (Å²) < 4.78 is 31.0. The second kappa shape index (κ2) is 9.53. The van der Waals surface area contributed by atoms with E-state index in [1.807, 2.05) is 0 Å². The monoisotopic (exact) mass is 472 g/mol. The number of aromatic nitrogens is 2. The highest BCUT2D eigenvalue weighted by atomic mass is 32.2. The lowest BCUT2D eigenvalue weighted by atomic mass is 9.81. The van der Waals surface area contributed by atoms with Gasteiger partial charge in [0.2, 0.25) is 0 Å². The van der Waals surface area contributed by atoms with Gasteiger partial charge in [0.05, 0.1) is 15.3 Å². The van der Waals surface area contributed by atoms with Gasteiger partial charge in [-0.1, -0.05) is 25.0 Å². The molecule has 2 aromatic heterocycles. The van der Waals surface area contributed by atoms with Crippen LogP contribution < -0.4 is 4.90 Å². The topological polar surface area (TPSA) is 69.3 Å². The van der Waals surface area contributed by atoms with Gasteiger partial charge < -0.3 is 9.88 Å². The number of nitrogens with zero attached hydrogens (tertiary/aromatic N) is 3. The quantitative estimate of drug-likeness (QED) is 0.551. The molecule has 0 amide bonds. The van der Waals surface area contributed by atoms with E-state index in [9.17, 15) is 8.42 Å². The first-order valence-corrected chi connectivity index (χ1v) is 14.2. The van der Waals surface area contributed by atoms with Crippen molar-refractivity contribution in [3.05, 3.63) is 42.7 Å². The SMILES string of the molecule is O=S(=O)(CC1CCC(CCN2CCN(c3nsc4ccccc34)CC2)CC1)c1cc[nH]c1. The third kappa shape index (κ3) is 4.87. The van der Waals surface area contributed by atoms with E-state index >= 15 is 0 Å². The molecule has 0 radical (unpaired) electrons. The molecule has 6 nitrogen and oxygen atoms in total. The predicted octanol–water partition coefficient (Wildman–Crippen LogP) is 4.42. The van der Waals surface area contributed by atoms with Gasteiger partial charge in [0, 0.05) is 44.0 Å². The maximum absolute atomic E-state index is 12.5. The zero-order valence-corrected chi connectivity index (χ0v) is 20.1. The minimum absolute atomic E-state index is 0.296. The average Bonchev–Trinajstić information content (AvgIpc) is 3.50. The number of hydrogen-bond donors (Lipinski definition) is 1. The summed E-state index contributed by atoms with van der Waals surface area (Å²) in [6.45, 7) is 5.42. The van der Waals surface area contributed by atoms with Gasteiger partial charge in [0.25, 0.3) is 0 Å². The predicted molar refractivity (Wildman–Crippen MR) is 131 cm³/mol. The van der Waals surface area contributed by atoms with Crippen molar-refractivity contribution in [1.82, 2.24) is 14.3 Å². The van der Waals surface area contributed by atoms with E-state index in [0.717, 1.165) is 70.1 Å². The molecule has 1 aromatic carbocycles. The molecule has 5 rings (SSSR count). The van der Waals surface area contributed by atoms with Gasteiger partial charge in [-0.3, -0.25) is 4.90 Å². The normalized spacial score (nSPS) is 23.1. The molecule has 2 aliphatic rings. The van der Waals surface area contributed by atoms with Crippen LogP contribution in [0, 0.1) is 11.8 Å². The Morgan fingerprint density at radius 3 is 2.50 bits per heavy atom. The summed E-state index contributed by atoms with van der Waals surface area (Å²) in [5, 5.41) is 1.28. The fraction of sp³-hybridized carbons (Fsp3) is 0.542. The van der Waals surface area contributed by atoms with Crippen LogP contribution >= 0.6 is 11.5 Å². The van der Waals surface area contributed by atoms with E-state index in [-0.39, 0.29) is 0 Å². The minimum Gasteiger partial charge on any atom is -0.366 e. The molecule has 1 aliphatic heterocycles. The summed E-state index contributed by atoms with van der Waals surface area (Å²) in [6, 6.07) is 10.2. The third-order valence-electron chi connectivity index (χ3n) is 7.23. The Balaban J connectivity index is 1.04. The summed E-state index contributed by atoms with van der Waals surface area (Å²) in [5.74, 6) is 2.49. The van der Waals surface area contributed by atoms with Crippen molar-refractivity contribution in [2.45, 2.75) is 37.0 Å². The highest BCUT2D eigenvalue weighted by Crippen LogP contribution is 2.33. The molecule has 32 heavy (non-hydrogen) atoms. The number of anilines is 1. The Kier molecular flexibility index (Phi) is 6.53. The molecule has 3 aromatic rings. The van der Waals surface area contributed by atoms with Crippen molar-refractivity contribution in [2.75, 3.05) is 43.4 Å². The maximum Gasteiger partial charge on any atom is 0.180 e. The van der Waals surface area contributed by atoms with Crippen LogP contribution in [0.15, 0.2) is 47.6 Å². The molecule has 0 spiro atoms. The molecule has 8 heteroatoms. The number of nitrogens with one attached hydrogen (secondary N) is 1. The lowest BCUT2D eigenvalue weighted by molar-refractivity contribution is 0.209. The van der Waals surface area contributed by atoms with Gasteiger partial charge in [-0.2, -0.15) is 4.37 Å². The average molecular weight is 473 g/mol. The van der Waals surface area contributed by atoms with Gasteiger partial charge >= 0.3 is 0 Å². The van der Waals surface area contributed by atoms with Crippen LogP contribution in [-0.4, -0.2) is 61.2 Å². The number of fused-ring (bicyclic) bond motifs is 1. The largest absolute Gasteiger partial charge is 0.366 e. The fourth-order valence-corrected chi connectivity index (χ4v) is 7.71. The van der Waals surface area contributed by atoms with E-state index in [1.54, 1.807) is 30.0 Å². The third-order valence-corrected chi connectivity index (χ3v) is 9.93. The van der Waals surface area contributed by atoms with Crippen molar-refractivity contribution in [2.24, 2.45) is 11.8 Å². The smallest absolute Gasteiger partial charge is 0.180 e. The molecular weight excluding hydrogens is 440 g/mol. The first-order chi connectivity index (χ1) is 15.6. The Morgan fingerprint density at radius 1 is 1.00 bits per heavy atom. The zero-order chi connectivity index (χ0) is 22.0. The van der Waals surface area contributed by atoms with E-state index in [4.69, 9.17) is 4.37 Å². The molecule has 0 bridgehead atoms. The Hall–Kier alpha value is -1.90. The van der Waals surface area contributed by atoms with Crippen molar-refractivity contribution < 1.29 is 8.42 Å². The van der Waals surface area contributed by atoms with E-state index in [1.165, 1.54) is 16.5 Å². The Labute approximate surface area is 194 Å². The second-order valence-corrected chi connectivity index (χ2v) is 12.2. The Morgan fingerprint density at radius 2 is 1.75 bits per heavy atom. The number of benzene rings is 1. The molecular formula is C24H32N4O2S2. The minimum atomic E-state index is -3.15. The molecule has 1 saturated carbocycles. The van der Waals surface area contributed by atoms with E-state index in [2.05, 4.69) is 39.0 Å². The summed E-state index contributed by atoms with van der Waals surface area (Å²) in [4.78, 5) is 8.32. The van der Waals surface area contributed by atoms with Gasteiger partial charge in [0.15, 0.2) is 9.84 Å². The number of H-pyrrole nitrogens is 1. The number of rotatable bonds is 7. The zero-order valence-electron chi connectivity index (χ0n) is 18.4. The number of hydrogen-bond acceptors (Lipinski definition) is 6. The van der Waals surface area contributed by atoms with Crippen LogP contribution in [0.3, 0.4) is 0 Å². The molecule has 1 aliphatic carbocycles. The maximum atomic E-state index is 12.5. The molecule has 1 N–H and O–H groups in total. The van der Waals surface area contributed by atoms with Gasteiger partial charge in [-0.25, -0.2) is 8.42 Å². The number of aromatic amines is 1. The van der Waals surface area contributed by atoms with Gasteiger partial charge in [0.1, 0.15) is 5.82 Å². The number of piperazine rings is 1. The van der Waals surface area contributed by atoms with Crippen LogP contribution in [0.1, 0.15) is 32.1 Å². The molecule has 2 fully saturated rings. The lowest BCUT2D eigenvalue weighted by Gasteiger charge is -2.36. The first kappa shape index (κ1) is 21.9. The summed E-state index contributed by atoms with van der Waals surface area (Å²) >= 11 is 1.60. The van der Waals surface area contributed by atoms with Crippen molar-refractivity contribution in [3.8, 4) is 0 Å². The van der Waals surface area contributed by atoms with Crippen LogP contribution in [0.5, 0.6) is 0 Å². The highest BCUT2D eigenvalue weighted by Gasteiger charge is 2.27. The summed E-state index contributed by atoms with van der Waals surface area (Å²) in [5.41, 5.74) is 0. The van der Waals surface area contributed by atoms with Gasteiger partial charge in [-0.15, -0.1) is 0 Å². The number of sulfone groups is 1. The fourth-order valence-electron chi connectivity index (χ4n) is 5.24. The summed E-state index contributed by atoms with van der Waals surface area (Å²) in [6.07, 6.45) is 8.92. The second-order valence-electron chi connectivity index (χ2n) is 9.33. The molecule has 0 atom stereocenters.